The maximum atomic E-state index is 15.2. The fourth-order valence-corrected chi connectivity index (χ4v) is 3.74. The van der Waals surface area contributed by atoms with Gasteiger partial charge in [0.1, 0.15) is 31.4 Å². The second-order valence-corrected chi connectivity index (χ2v) is 13.0. The van der Waals surface area contributed by atoms with Gasteiger partial charge in [-0.3, -0.25) is 9.36 Å². The fraction of sp³-hybridized carbons (Fsp3) is 0.400. The lowest BCUT2D eigenvalue weighted by Crippen LogP contribution is -2.41. The number of aliphatic hydroxyl groups is 1. The quantitative estimate of drug-likeness (QED) is 0.427. The third kappa shape index (κ3) is 4.31. The largest absolute Gasteiger partial charge is 0.486 e. The van der Waals surface area contributed by atoms with Gasteiger partial charge < -0.3 is 9.84 Å². The Morgan fingerprint density at radius 2 is 1.90 bits per heavy atom. The summed E-state index contributed by atoms with van der Waals surface area (Å²) in [6.07, 6.45) is -5.75. The number of benzene rings is 1. The normalized spacial score (nSPS) is 15.8. The maximum absolute atomic E-state index is 15.2. The van der Waals surface area contributed by atoms with Gasteiger partial charge in [-0.05, 0) is 6.07 Å². The number of aromatic nitrogens is 2. The Balaban J connectivity index is 2.34. The van der Waals surface area contributed by atoms with E-state index in [0.717, 1.165) is 13.1 Å². The van der Waals surface area contributed by atoms with Gasteiger partial charge in [0.2, 0.25) is 0 Å². The first-order chi connectivity index (χ1) is 14.2. The summed E-state index contributed by atoms with van der Waals surface area (Å²) in [5.74, 6) is 1.97. The van der Waals surface area contributed by atoms with E-state index in [4.69, 9.17) is 4.74 Å². The zero-order valence-electron chi connectivity index (χ0n) is 17.2. The lowest BCUT2D eigenvalue weighted by Gasteiger charge is -2.16. The molecule has 0 radical (unpaired) electrons. The number of hydrogen-bond acceptors (Lipinski definition) is 4. The van der Waals surface area contributed by atoms with E-state index in [1.165, 1.54) is 0 Å². The first-order valence-corrected chi connectivity index (χ1v) is 12.8. The summed E-state index contributed by atoms with van der Waals surface area (Å²) in [4.78, 5) is 25.1. The van der Waals surface area contributed by atoms with E-state index in [1.807, 2.05) is 19.6 Å². The van der Waals surface area contributed by atoms with Crippen molar-refractivity contribution in [3.05, 3.63) is 55.6 Å². The van der Waals surface area contributed by atoms with Gasteiger partial charge in [-0.1, -0.05) is 25.6 Å². The van der Waals surface area contributed by atoms with Crippen LogP contribution in [-0.2, 0) is 19.6 Å². The summed E-state index contributed by atoms with van der Waals surface area (Å²) >= 11 is 0. The van der Waals surface area contributed by atoms with Gasteiger partial charge in [-0.2, -0.15) is 13.2 Å². The number of ether oxygens (including phenoxy) is 1. The molecule has 1 aromatic heterocycles. The summed E-state index contributed by atoms with van der Waals surface area (Å²) in [6, 6.07) is 1.23. The first kappa shape index (κ1) is 22.8. The molecule has 166 valence electrons. The van der Waals surface area contributed by atoms with E-state index < -0.39 is 55.4 Å². The summed E-state index contributed by atoms with van der Waals surface area (Å²) in [5, 5.41) is 9.49. The molecule has 0 amide bonds. The molecule has 2 heterocycles. The second kappa shape index (κ2) is 7.69. The number of hydrogen-bond donors (Lipinski definition) is 1. The van der Waals surface area contributed by atoms with Crippen molar-refractivity contribution in [2.75, 3.05) is 6.61 Å². The van der Waals surface area contributed by atoms with Gasteiger partial charge in [-0.25, -0.2) is 13.8 Å². The predicted octanol–water partition coefficient (Wildman–Crippen LogP) is 2.22. The molecule has 31 heavy (non-hydrogen) atoms. The molecule has 0 fully saturated rings. The van der Waals surface area contributed by atoms with Crippen LogP contribution in [0.4, 0.5) is 17.6 Å². The minimum atomic E-state index is -4.94. The van der Waals surface area contributed by atoms with Crippen molar-refractivity contribution >= 4 is 8.07 Å². The van der Waals surface area contributed by atoms with Crippen LogP contribution in [0.25, 0.3) is 5.69 Å². The monoisotopic (exact) mass is 456 g/mol. The Hall–Kier alpha value is -2.84. The van der Waals surface area contributed by atoms with Crippen LogP contribution in [0, 0.1) is 17.3 Å². The van der Waals surface area contributed by atoms with Crippen LogP contribution in [0.15, 0.2) is 21.7 Å². The highest BCUT2D eigenvalue weighted by molar-refractivity contribution is 6.83. The van der Waals surface area contributed by atoms with Crippen LogP contribution in [0.3, 0.4) is 0 Å². The highest BCUT2D eigenvalue weighted by Gasteiger charge is 2.37. The van der Waals surface area contributed by atoms with E-state index in [1.54, 1.807) is 0 Å². The van der Waals surface area contributed by atoms with Crippen molar-refractivity contribution in [2.45, 2.75) is 38.3 Å². The summed E-state index contributed by atoms with van der Waals surface area (Å²) in [7, 11) is -0.999. The molecular weight excluding hydrogens is 436 g/mol. The number of nitrogens with zero attached hydrogens (tertiary/aromatic N) is 2. The molecule has 2 aromatic rings. The number of fused-ring (bicyclic) bond motifs is 1. The Kier molecular flexibility index (Phi) is 5.66. The van der Waals surface area contributed by atoms with Gasteiger partial charge in [0.05, 0.1) is 17.9 Å². The molecule has 0 spiro atoms. The average molecular weight is 456 g/mol. The van der Waals surface area contributed by atoms with Crippen LogP contribution < -0.4 is 16.0 Å². The van der Waals surface area contributed by atoms with Crippen LogP contribution >= 0.6 is 0 Å². The van der Waals surface area contributed by atoms with E-state index >= 15 is 4.39 Å². The van der Waals surface area contributed by atoms with Crippen molar-refractivity contribution in [3.63, 3.8) is 0 Å². The van der Waals surface area contributed by atoms with Crippen LogP contribution in [0.2, 0.25) is 19.6 Å². The van der Waals surface area contributed by atoms with Crippen molar-refractivity contribution in [1.29, 1.82) is 0 Å². The van der Waals surface area contributed by atoms with Gasteiger partial charge in [0.25, 0.3) is 5.56 Å². The highest BCUT2D eigenvalue weighted by atomic mass is 28.3. The molecule has 0 saturated heterocycles. The molecule has 1 atom stereocenters. The average Bonchev–Trinajstić information content (AvgIpc) is 3.07. The summed E-state index contributed by atoms with van der Waals surface area (Å²) in [5.41, 5.74) is -1.28. The lowest BCUT2D eigenvalue weighted by molar-refractivity contribution is -0.144. The third-order valence-corrected chi connectivity index (χ3v) is 5.50. The Bertz CT molecular complexity index is 1230. The molecule has 1 aromatic carbocycles. The molecule has 11 heteroatoms. The van der Waals surface area contributed by atoms with E-state index in [-0.39, 0.29) is 33.9 Å². The van der Waals surface area contributed by atoms with Crippen molar-refractivity contribution in [2.24, 2.45) is 7.05 Å². The Morgan fingerprint density at radius 3 is 2.45 bits per heavy atom. The van der Waals surface area contributed by atoms with Crippen molar-refractivity contribution < 1.29 is 27.4 Å². The summed E-state index contributed by atoms with van der Waals surface area (Å²) in [6.45, 7) is 5.52. The van der Waals surface area contributed by atoms with Gasteiger partial charge in [0.15, 0.2) is 0 Å². The molecule has 0 bridgehead atoms. The number of aliphatic hydroxyl groups excluding tert-OH is 1. The molecule has 1 N–H and O–H groups in total. The maximum Gasteiger partial charge on any atom is 0.431 e. The smallest absolute Gasteiger partial charge is 0.431 e. The molecule has 0 aliphatic carbocycles. The summed E-state index contributed by atoms with van der Waals surface area (Å²) < 4.78 is 60.8. The molecule has 1 aliphatic rings. The third-order valence-electron chi connectivity index (χ3n) is 4.63. The highest BCUT2D eigenvalue weighted by Crippen LogP contribution is 2.38. The Morgan fingerprint density at radius 1 is 1.26 bits per heavy atom. The molecule has 1 unspecified atom stereocenters. The Labute approximate surface area is 175 Å². The van der Waals surface area contributed by atoms with Crippen molar-refractivity contribution in [3.8, 4) is 22.9 Å². The van der Waals surface area contributed by atoms with E-state index in [9.17, 15) is 27.9 Å². The number of rotatable bonds is 2. The van der Waals surface area contributed by atoms with Crippen molar-refractivity contribution in [1.82, 2.24) is 9.13 Å². The fourth-order valence-electron chi connectivity index (χ4n) is 3.23. The second-order valence-electron chi connectivity index (χ2n) is 8.23. The number of halogens is 4. The minimum Gasteiger partial charge on any atom is -0.486 e. The van der Waals surface area contributed by atoms with Crippen LogP contribution in [0.5, 0.6) is 5.75 Å². The van der Waals surface area contributed by atoms with Gasteiger partial charge in [0, 0.05) is 25.1 Å². The predicted molar refractivity (Wildman–Crippen MR) is 108 cm³/mol. The van der Waals surface area contributed by atoms with Gasteiger partial charge >= 0.3 is 11.9 Å². The van der Waals surface area contributed by atoms with Crippen LogP contribution in [-0.4, -0.2) is 35.0 Å². The zero-order valence-corrected chi connectivity index (χ0v) is 18.2. The molecule has 0 saturated carbocycles. The molecule has 3 rings (SSSR count). The molecular formula is C20H20F4N2O4Si. The van der Waals surface area contributed by atoms with Crippen LogP contribution in [0.1, 0.15) is 16.8 Å². The van der Waals surface area contributed by atoms with Gasteiger partial charge in [-0.15, -0.1) is 5.54 Å². The minimum absolute atomic E-state index is 0.0445. The standard InChI is InChI=1S/C20H20F4N2O4Si/c1-25-15(20(22,23)24)9-16(28)26(19(25)29)17-13-8-12(10-27)30-18(13)11(7-14(17)21)5-6-31(2,3)4/h7,9,12,27H,8,10H2,1-4H3. The SMILES string of the molecule is Cn1c(C(F)(F)F)cc(=O)n(-c2c(F)cc(C#C[Si](C)(C)C)c3c2CC(CO)O3)c1=O. The van der Waals surface area contributed by atoms with E-state index in [2.05, 4.69) is 11.5 Å². The first-order valence-electron chi connectivity index (χ1n) is 9.31. The van der Waals surface area contributed by atoms with E-state index in [0.29, 0.717) is 4.57 Å². The molecule has 1 aliphatic heterocycles. The number of alkyl halides is 3. The zero-order chi connectivity index (χ0) is 23.3. The lowest BCUT2D eigenvalue weighted by atomic mass is 10.0. The molecule has 6 nitrogen and oxygen atoms in total. The topological polar surface area (TPSA) is 73.5 Å².